The lowest BCUT2D eigenvalue weighted by Crippen LogP contribution is -2.52. The largest absolute Gasteiger partial charge is 0.367 e. The number of hydrogen-bond donors (Lipinski definition) is 0. The van der Waals surface area contributed by atoms with Crippen LogP contribution in [-0.2, 0) is 33.3 Å². The predicted molar refractivity (Wildman–Crippen MR) is 98.7 cm³/mol. The average molecular weight is 391 g/mol. The van der Waals surface area contributed by atoms with Gasteiger partial charge in [0.15, 0.2) is 0 Å². The number of aromatic nitrogens is 4. The molecule has 0 aromatic carbocycles. The molecule has 1 unspecified atom stereocenters. The van der Waals surface area contributed by atoms with E-state index in [-0.39, 0.29) is 11.4 Å². The van der Waals surface area contributed by atoms with Gasteiger partial charge in [-0.1, -0.05) is 0 Å². The van der Waals surface area contributed by atoms with E-state index in [1.54, 1.807) is 11.6 Å². The summed E-state index contributed by atoms with van der Waals surface area (Å²) in [4.78, 5) is 9.22. The van der Waals surface area contributed by atoms with Gasteiger partial charge in [0.05, 0.1) is 24.2 Å². The Balaban J connectivity index is 1.72. The molecule has 2 aliphatic heterocycles. The molecule has 0 saturated carbocycles. The van der Waals surface area contributed by atoms with Crippen molar-refractivity contribution in [2.24, 2.45) is 0 Å². The molecule has 0 bridgehead atoms. The van der Waals surface area contributed by atoms with Crippen LogP contribution in [0.2, 0.25) is 0 Å². The van der Waals surface area contributed by atoms with E-state index in [1.807, 2.05) is 20.0 Å². The number of fused-ring (bicyclic) bond motifs is 2. The number of nitrogens with zero attached hydrogens (tertiary/aromatic N) is 5. The molecular formula is C18H25N5O3S. The number of ether oxygens (including phenoxy) is 1. The van der Waals surface area contributed by atoms with Crippen molar-refractivity contribution < 1.29 is 13.2 Å². The summed E-state index contributed by atoms with van der Waals surface area (Å²) >= 11 is 0. The minimum Gasteiger partial charge on any atom is -0.367 e. The highest BCUT2D eigenvalue weighted by Gasteiger charge is 2.46. The van der Waals surface area contributed by atoms with Gasteiger partial charge in [-0.05, 0) is 45.6 Å². The van der Waals surface area contributed by atoms with Crippen LogP contribution in [0.4, 0.5) is 0 Å². The van der Waals surface area contributed by atoms with Crippen molar-refractivity contribution >= 4 is 10.0 Å². The zero-order valence-electron chi connectivity index (χ0n) is 16.0. The lowest BCUT2D eigenvalue weighted by Gasteiger charge is -2.44. The second-order valence-electron chi connectivity index (χ2n) is 7.24. The molecule has 9 heteroatoms. The van der Waals surface area contributed by atoms with Crippen LogP contribution in [0.5, 0.6) is 0 Å². The molecule has 1 spiro atoms. The standard InChI is InChI=1S/C18H25N5O3S/c1-4-23-13(2)16(11-20-23)27(24,25)22-8-5-7-18(12-22)17-15(6-9-26-18)10-19-14(3)21-17/h10-11H,4-9,12H2,1-3H3. The molecule has 4 rings (SSSR count). The van der Waals surface area contributed by atoms with Gasteiger partial charge in [0, 0.05) is 25.8 Å². The number of piperidine rings is 1. The van der Waals surface area contributed by atoms with Crippen LogP contribution in [0.25, 0.3) is 0 Å². The quantitative estimate of drug-likeness (QED) is 0.789. The fourth-order valence-electron chi connectivity index (χ4n) is 4.14. The van der Waals surface area contributed by atoms with Gasteiger partial charge < -0.3 is 4.74 Å². The smallest absolute Gasteiger partial charge is 0.246 e. The summed E-state index contributed by atoms with van der Waals surface area (Å²) < 4.78 is 36.1. The van der Waals surface area contributed by atoms with Crippen molar-refractivity contribution in [2.45, 2.75) is 57.1 Å². The van der Waals surface area contributed by atoms with Gasteiger partial charge in [-0.3, -0.25) is 4.68 Å². The van der Waals surface area contributed by atoms with Gasteiger partial charge in [-0.15, -0.1) is 0 Å². The van der Waals surface area contributed by atoms with E-state index >= 15 is 0 Å². The van der Waals surface area contributed by atoms with E-state index < -0.39 is 15.6 Å². The van der Waals surface area contributed by atoms with Crippen molar-refractivity contribution in [3.8, 4) is 0 Å². The van der Waals surface area contributed by atoms with Gasteiger partial charge in [-0.25, -0.2) is 18.4 Å². The maximum atomic E-state index is 13.3. The number of hydrogen-bond acceptors (Lipinski definition) is 6. The maximum Gasteiger partial charge on any atom is 0.246 e. The molecule has 0 aliphatic carbocycles. The summed E-state index contributed by atoms with van der Waals surface area (Å²) in [6.07, 6.45) is 5.55. The van der Waals surface area contributed by atoms with Crippen molar-refractivity contribution in [3.05, 3.63) is 35.2 Å². The molecular weight excluding hydrogens is 366 g/mol. The van der Waals surface area contributed by atoms with Crippen molar-refractivity contribution in [3.63, 3.8) is 0 Å². The monoisotopic (exact) mass is 391 g/mol. The van der Waals surface area contributed by atoms with Gasteiger partial charge in [-0.2, -0.15) is 9.40 Å². The molecule has 146 valence electrons. The molecule has 27 heavy (non-hydrogen) atoms. The van der Waals surface area contributed by atoms with Crippen molar-refractivity contribution in [1.82, 2.24) is 24.1 Å². The molecule has 2 aromatic rings. The Kier molecular flexibility index (Phi) is 4.56. The summed E-state index contributed by atoms with van der Waals surface area (Å²) in [5.74, 6) is 0.679. The molecule has 0 radical (unpaired) electrons. The zero-order valence-corrected chi connectivity index (χ0v) is 16.8. The van der Waals surface area contributed by atoms with Gasteiger partial charge >= 0.3 is 0 Å². The minimum absolute atomic E-state index is 0.273. The summed E-state index contributed by atoms with van der Waals surface area (Å²) in [6, 6.07) is 0. The minimum atomic E-state index is -3.64. The first kappa shape index (κ1) is 18.5. The van der Waals surface area contributed by atoms with Gasteiger partial charge in [0.25, 0.3) is 0 Å². The van der Waals surface area contributed by atoms with Crippen LogP contribution in [0.15, 0.2) is 17.3 Å². The summed E-state index contributed by atoms with van der Waals surface area (Å²) in [5.41, 5.74) is 1.88. The summed E-state index contributed by atoms with van der Waals surface area (Å²) in [7, 11) is -3.64. The van der Waals surface area contributed by atoms with E-state index in [1.165, 1.54) is 10.5 Å². The fraction of sp³-hybridized carbons (Fsp3) is 0.611. The molecule has 2 aliphatic rings. The van der Waals surface area contributed by atoms with E-state index in [2.05, 4.69) is 15.1 Å². The first-order valence-electron chi connectivity index (χ1n) is 9.37. The summed E-state index contributed by atoms with van der Waals surface area (Å²) in [6.45, 7) is 7.53. The topological polar surface area (TPSA) is 90.2 Å². The molecule has 0 amide bonds. The second kappa shape index (κ2) is 6.65. The highest BCUT2D eigenvalue weighted by Crippen LogP contribution is 2.40. The molecule has 4 heterocycles. The molecule has 8 nitrogen and oxygen atoms in total. The Bertz CT molecular complexity index is 971. The van der Waals surface area contributed by atoms with E-state index in [4.69, 9.17) is 4.74 Å². The fourth-order valence-corrected chi connectivity index (χ4v) is 5.82. The van der Waals surface area contributed by atoms with Crippen LogP contribution in [-0.4, -0.2) is 52.2 Å². The van der Waals surface area contributed by atoms with E-state index in [0.29, 0.717) is 31.2 Å². The predicted octanol–water partition coefficient (Wildman–Crippen LogP) is 1.56. The highest BCUT2D eigenvalue weighted by molar-refractivity contribution is 7.89. The van der Waals surface area contributed by atoms with Crippen LogP contribution in [0.3, 0.4) is 0 Å². The molecule has 1 saturated heterocycles. The van der Waals surface area contributed by atoms with Gasteiger partial charge in [0.1, 0.15) is 16.3 Å². The van der Waals surface area contributed by atoms with Crippen LogP contribution in [0.1, 0.15) is 42.5 Å². The Morgan fingerprint density at radius 1 is 1.30 bits per heavy atom. The van der Waals surface area contributed by atoms with Crippen molar-refractivity contribution in [2.75, 3.05) is 19.7 Å². The molecule has 1 atom stereocenters. The SMILES string of the molecule is CCn1ncc(S(=O)(=O)N2CCCC3(C2)OCCc2cnc(C)nc23)c1C. The number of sulfonamides is 1. The van der Waals surface area contributed by atoms with E-state index in [9.17, 15) is 8.42 Å². The van der Waals surface area contributed by atoms with Crippen LogP contribution >= 0.6 is 0 Å². The van der Waals surface area contributed by atoms with Crippen LogP contribution < -0.4 is 0 Å². The third-order valence-corrected chi connectivity index (χ3v) is 7.51. The first-order valence-corrected chi connectivity index (χ1v) is 10.8. The first-order chi connectivity index (χ1) is 12.9. The lowest BCUT2D eigenvalue weighted by molar-refractivity contribution is -0.0935. The normalized spacial score (nSPS) is 23.5. The molecule has 0 N–H and O–H groups in total. The average Bonchev–Trinajstić information content (AvgIpc) is 3.04. The van der Waals surface area contributed by atoms with Gasteiger partial charge in [0.2, 0.25) is 10.0 Å². The van der Waals surface area contributed by atoms with E-state index in [0.717, 1.165) is 30.5 Å². The third-order valence-electron chi connectivity index (χ3n) is 5.56. The summed E-state index contributed by atoms with van der Waals surface area (Å²) in [5, 5.41) is 4.21. The molecule has 1 fully saturated rings. The van der Waals surface area contributed by atoms with Crippen molar-refractivity contribution in [1.29, 1.82) is 0 Å². The highest BCUT2D eigenvalue weighted by atomic mass is 32.2. The second-order valence-corrected chi connectivity index (χ2v) is 9.14. The Hall–Kier alpha value is -1.84. The number of aryl methyl sites for hydroxylation is 2. The zero-order chi connectivity index (χ0) is 19.2. The number of rotatable bonds is 3. The third kappa shape index (κ3) is 2.97. The lowest BCUT2D eigenvalue weighted by atomic mass is 9.85. The Morgan fingerprint density at radius 2 is 2.11 bits per heavy atom. The maximum absolute atomic E-state index is 13.3. The molecule has 2 aromatic heterocycles. The Morgan fingerprint density at radius 3 is 2.85 bits per heavy atom. The Labute approximate surface area is 159 Å². The van der Waals surface area contributed by atoms with Crippen LogP contribution in [0, 0.1) is 13.8 Å².